The molecule has 1 heterocycles. The standard InChI is InChI=1S/C15H18N2O4S2/c1-11(10-21-2)16-15(18)12-5-3-6-13(9-12)17-23(19,20)14-7-4-8-22-14/h3-9,11,17H,10H2,1-2H3,(H,16,18). The number of carbonyl (C=O) groups excluding carboxylic acids is 1. The van der Waals surface area contributed by atoms with Crippen LogP contribution in [0, 0.1) is 0 Å². The summed E-state index contributed by atoms with van der Waals surface area (Å²) in [5, 5.41) is 4.47. The van der Waals surface area contributed by atoms with Gasteiger partial charge in [-0.3, -0.25) is 9.52 Å². The summed E-state index contributed by atoms with van der Waals surface area (Å²) < 4.78 is 32.0. The lowest BCUT2D eigenvalue weighted by atomic mass is 10.2. The Morgan fingerprint density at radius 3 is 2.74 bits per heavy atom. The van der Waals surface area contributed by atoms with Gasteiger partial charge in [-0.2, -0.15) is 0 Å². The molecular weight excluding hydrogens is 336 g/mol. The summed E-state index contributed by atoms with van der Waals surface area (Å²) in [5.41, 5.74) is 0.713. The second-order valence-electron chi connectivity index (χ2n) is 4.95. The Kier molecular flexibility index (Phi) is 5.75. The third-order valence-corrected chi connectivity index (χ3v) is 5.71. The highest BCUT2D eigenvalue weighted by atomic mass is 32.2. The number of anilines is 1. The summed E-state index contributed by atoms with van der Waals surface area (Å²) in [4.78, 5) is 12.1. The van der Waals surface area contributed by atoms with E-state index in [1.807, 2.05) is 6.92 Å². The van der Waals surface area contributed by atoms with Gasteiger partial charge in [0.25, 0.3) is 15.9 Å². The molecule has 1 amide bonds. The molecular formula is C15H18N2O4S2. The predicted molar refractivity (Wildman–Crippen MR) is 90.4 cm³/mol. The van der Waals surface area contributed by atoms with E-state index in [-0.39, 0.29) is 16.2 Å². The molecule has 2 aromatic rings. The van der Waals surface area contributed by atoms with Crippen LogP contribution in [-0.2, 0) is 14.8 Å². The molecule has 8 heteroatoms. The molecule has 1 aromatic heterocycles. The Morgan fingerprint density at radius 2 is 2.09 bits per heavy atom. The molecule has 0 saturated heterocycles. The molecule has 1 unspecified atom stereocenters. The number of amides is 1. The topological polar surface area (TPSA) is 84.5 Å². The van der Waals surface area contributed by atoms with Gasteiger partial charge in [-0.1, -0.05) is 12.1 Å². The zero-order valence-corrected chi connectivity index (χ0v) is 14.4. The molecule has 23 heavy (non-hydrogen) atoms. The van der Waals surface area contributed by atoms with Crippen LogP contribution in [0.4, 0.5) is 5.69 Å². The number of hydrogen-bond acceptors (Lipinski definition) is 5. The fourth-order valence-electron chi connectivity index (χ4n) is 1.94. The summed E-state index contributed by atoms with van der Waals surface area (Å²) in [6, 6.07) is 9.40. The quantitative estimate of drug-likeness (QED) is 0.799. The largest absolute Gasteiger partial charge is 0.383 e. The molecule has 124 valence electrons. The summed E-state index contributed by atoms with van der Waals surface area (Å²) in [5.74, 6) is -0.285. The van der Waals surface area contributed by atoms with Gasteiger partial charge in [0, 0.05) is 24.4 Å². The molecule has 0 fully saturated rings. The zero-order valence-electron chi connectivity index (χ0n) is 12.8. The number of ether oxygens (including phenoxy) is 1. The molecule has 1 aromatic carbocycles. The third kappa shape index (κ3) is 4.78. The maximum atomic E-state index is 12.2. The third-order valence-electron chi connectivity index (χ3n) is 2.93. The van der Waals surface area contributed by atoms with Crippen molar-refractivity contribution in [3.05, 3.63) is 47.3 Å². The summed E-state index contributed by atoms with van der Waals surface area (Å²) in [6.07, 6.45) is 0. The van der Waals surface area contributed by atoms with Crippen molar-refractivity contribution in [3.8, 4) is 0 Å². The molecule has 0 aliphatic carbocycles. The average Bonchev–Trinajstić information content (AvgIpc) is 3.02. The van der Waals surface area contributed by atoms with Crippen LogP contribution in [0.3, 0.4) is 0 Å². The van der Waals surface area contributed by atoms with E-state index in [1.54, 1.807) is 36.8 Å². The minimum Gasteiger partial charge on any atom is -0.383 e. The predicted octanol–water partition coefficient (Wildman–Crippen LogP) is 2.31. The van der Waals surface area contributed by atoms with E-state index in [2.05, 4.69) is 10.0 Å². The zero-order chi connectivity index (χ0) is 16.9. The molecule has 0 bridgehead atoms. The second-order valence-corrected chi connectivity index (χ2v) is 7.81. The molecule has 0 aliphatic rings. The molecule has 6 nitrogen and oxygen atoms in total. The van der Waals surface area contributed by atoms with Crippen LogP contribution < -0.4 is 10.0 Å². The Labute approximate surface area is 139 Å². The van der Waals surface area contributed by atoms with Crippen LogP contribution in [0.2, 0.25) is 0 Å². The Morgan fingerprint density at radius 1 is 1.30 bits per heavy atom. The van der Waals surface area contributed by atoms with Crippen molar-refractivity contribution in [1.82, 2.24) is 5.32 Å². The highest BCUT2D eigenvalue weighted by Crippen LogP contribution is 2.20. The lowest BCUT2D eigenvalue weighted by Gasteiger charge is -2.13. The van der Waals surface area contributed by atoms with E-state index in [0.29, 0.717) is 17.9 Å². The fraction of sp³-hybridized carbons (Fsp3) is 0.267. The van der Waals surface area contributed by atoms with E-state index >= 15 is 0 Å². The van der Waals surface area contributed by atoms with Gasteiger partial charge in [0.05, 0.1) is 6.61 Å². The van der Waals surface area contributed by atoms with Gasteiger partial charge in [-0.05, 0) is 36.6 Å². The number of rotatable bonds is 7. The molecule has 2 N–H and O–H groups in total. The van der Waals surface area contributed by atoms with Gasteiger partial charge >= 0.3 is 0 Å². The van der Waals surface area contributed by atoms with Crippen LogP contribution in [0.25, 0.3) is 0 Å². The van der Waals surface area contributed by atoms with Gasteiger partial charge in [0.15, 0.2) is 0 Å². The summed E-state index contributed by atoms with van der Waals surface area (Å²) in [6.45, 7) is 2.22. The Bertz CT molecular complexity index is 758. The van der Waals surface area contributed by atoms with Crippen molar-refractivity contribution in [2.75, 3.05) is 18.4 Å². The monoisotopic (exact) mass is 354 g/mol. The van der Waals surface area contributed by atoms with Crippen LogP contribution in [-0.4, -0.2) is 34.1 Å². The first-order chi connectivity index (χ1) is 10.9. The first-order valence-electron chi connectivity index (χ1n) is 6.88. The van der Waals surface area contributed by atoms with Crippen molar-refractivity contribution in [1.29, 1.82) is 0 Å². The van der Waals surface area contributed by atoms with Crippen LogP contribution >= 0.6 is 11.3 Å². The van der Waals surface area contributed by atoms with Crippen LogP contribution in [0.5, 0.6) is 0 Å². The number of benzene rings is 1. The fourth-order valence-corrected chi connectivity index (χ4v) is 3.99. The highest BCUT2D eigenvalue weighted by molar-refractivity contribution is 7.94. The van der Waals surface area contributed by atoms with E-state index in [0.717, 1.165) is 11.3 Å². The number of methoxy groups -OCH3 is 1. The summed E-state index contributed by atoms with van der Waals surface area (Å²) >= 11 is 1.13. The van der Waals surface area contributed by atoms with Crippen molar-refractivity contribution in [3.63, 3.8) is 0 Å². The molecule has 0 radical (unpaired) electrons. The minimum absolute atomic E-state index is 0.140. The lowest BCUT2D eigenvalue weighted by molar-refractivity contribution is 0.0905. The second kappa shape index (κ2) is 7.58. The van der Waals surface area contributed by atoms with Crippen LogP contribution in [0.1, 0.15) is 17.3 Å². The summed E-state index contributed by atoms with van der Waals surface area (Å²) in [7, 11) is -2.07. The maximum Gasteiger partial charge on any atom is 0.271 e. The van der Waals surface area contributed by atoms with Gasteiger partial charge < -0.3 is 10.1 Å². The van der Waals surface area contributed by atoms with Gasteiger partial charge in [0.1, 0.15) is 4.21 Å². The first-order valence-corrected chi connectivity index (χ1v) is 9.25. The number of hydrogen-bond donors (Lipinski definition) is 2. The lowest BCUT2D eigenvalue weighted by Crippen LogP contribution is -2.35. The van der Waals surface area contributed by atoms with Gasteiger partial charge in [0.2, 0.25) is 0 Å². The maximum absolute atomic E-state index is 12.2. The van der Waals surface area contributed by atoms with Gasteiger partial charge in [-0.15, -0.1) is 11.3 Å². The van der Waals surface area contributed by atoms with Gasteiger partial charge in [-0.25, -0.2) is 8.42 Å². The molecule has 0 spiro atoms. The normalized spacial score (nSPS) is 12.6. The van der Waals surface area contributed by atoms with Crippen molar-refractivity contribution < 1.29 is 17.9 Å². The van der Waals surface area contributed by atoms with Crippen molar-refractivity contribution in [2.24, 2.45) is 0 Å². The van der Waals surface area contributed by atoms with E-state index < -0.39 is 10.0 Å². The van der Waals surface area contributed by atoms with E-state index in [4.69, 9.17) is 4.74 Å². The Hall–Kier alpha value is -1.90. The van der Waals surface area contributed by atoms with Crippen LogP contribution in [0.15, 0.2) is 46.0 Å². The number of sulfonamides is 1. The first kappa shape index (κ1) is 17.5. The molecule has 1 atom stereocenters. The minimum atomic E-state index is -3.63. The van der Waals surface area contributed by atoms with E-state index in [1.165, 1.54) is 12.1 Å². The molecule has 0 aliphatic heterocycles. The van der Waals surface area contributed by atoms with Crippen molar-refractivity contribution >= 4 is 33.0 Å². The number of thiophene rings is 1. The average molecular weight is 354 g/mol. The smallest absolute Gasteiger partial charge is 0.271 e. The molecule has 0 saturated carbocycles. The number of nitrogens with one attached hydrogen (secondary N) is 2. The highest BCUT2D eigenvalue weighted by Gasteiger charge is 2.16. The van der Waals surface area contributed by atoms with E-state index in [9.17, 15) is 13.2 Å². The molecule has 2 rings (SSSR count). The SMILES string of the molecule is COCC(C)NC(=O)c1cccc(NS(=O)(=O)c2cccs2)c1. The number of carbonyl (C=O) groups is 1. The van der Waals surface area contributed by atoms with Crippen molar-refractivity contribution in [2.45, 2.75) is 17.2 Å². The Balaban J connectivity index is 2.12.